The molecule has 1 heterocycles. The number of ether oxygens (including phenoxy) is 1. The summed E-state index contributed by atoms with van der Waals surface area (Å²) in [6.07, 6.45) is 5.43. The van der Waals surface area contributed by atoms with E-state index in [1.54, 1.807) is 11.0 Å². The van der Waals surface area contributed by atoms with Crippen LogP contribution in [0.5, 0.6) is 0 Å². The third kappa shape index (κ3) is 2.21. The Kier molecular flexibility index (Phi) is 3.50. The third-order valence-electron chi connectivity index (χ3n) is 3.71. The van der Waals surface area contributed by atoms with Gasteiger partial charge in [-0.05, 0) is 12.8 Å². The van der Waals surface area contributed by atoms with E-state index in [2.05, 4.69) is 6.58 Å². The van der Waals surface area contributed by atoms with Gasteiger partial charge in [0.1, 0.15) is 0 Å². The van der Waals surface area contributed by atoms with Crippen molar-refractivity contribution in [2.24, 2.45) is 11.8 Å². The van der Waals surface area contributed by atoms with Crippen molar-refractivity contribution < 1.29 is 14.3 Å². The van der Waals surface area contributed by atoms with Crippen LogP contribution < -0.4 is 0 Å². The first kappa shape index (κ1) is 12.1. The van der Waals surface area contributed by atoms with Crippen LogP contribution in [0, 0.1) is 11.8 Å². The Hall–Kier alpha value is -1.32. The van der Waals surface area contributed by atoms with Gasteiger partial charge in [0.15, 0.2) is 6.23 Å². The number of carbonyl (C=O) groups excluding carboxylic acids is 2. The van der Waals surface area contributed by atoms with Gasteiger partial charge in [0, 0.05) is 25.3 Å². The van der Waals surface area contributed by atoms with E-state index in [0.29, 0.717) is 6.54 Å². The molecule has 0 spiro atoms. The number of likely N-dealkylation sites (tertiary alicyclic amines) is 1. The number of rotatable bonds is 3. The monoisotopic (exact) mass is 237 g/mol. The third-order valence-corrected chi connectivity index (χ3v) is 3.71. The lowest BCUT2D eigenvalue weighted by molar-refractivity contribution is -0.159. The fraction of sp³-hybridized carbons (Fsp3) is 0.692. The fourth-order valence-corrected chi connectivity index (χ4v) is 3.03. The predicted octanol–water partition coefficient (Wildman–Crippen LogP) is 1.71. The molecule has 0 aromatic carbocycles. The van der Waals surface area contributed by atoms with Crippen molar-refractivity contribution in [1.82, 2.24) is 4.90 Å². The van der Waals surface area contributed by atoms with Crippen molar-refractivity contribution in [3.63, 3.8) is 0 Å². The van der Waals surface area contributed by atoms with Gasteiger partial charge in [0.05, 0.1) is 0 Å². The van der Waals surface area contributed by atoms with E-state index >= 15 is 0 Å². The maximum atomic E-state index is 12.2. The number of amides is 1. The van der Waals surface area contributed by atoms with Gasteiger partial charge in [-0.15, -0.1) is 6.58 Å². The summed E-state index contributed by atoms with van der Waals surface area (Å²) in [6.45, 7) is 5.51. The van der Waals surface area contributed by atoms with Crippen LogP contribution in [0.2, 0.25) is 0 Å². The Morgan fingerprint density at radius 2 is 2.24 bits per heavy atom. The summed E-state index contributed by atoms with van der Waals surface area (Å²) >= 11 is 0. The van der Waals surface area contributed by atoms with Crippen LogP contribution in [0.25, 0.3) is 0 Å². The van der Waals surface area contributed by atoms with Gasteiger partial charge >= 0.3 is 5.97 Å². The van der Waals surface area contributed by atoms with Crippen LogP contribution in [0.4, 0.5) is 0 Å². The Morgan fingerprint density at radius 3 is 2.88 bits per heavy atom. The Bertz CT molecular complexity index is 340. The molecule has 1 saturated heterocycles. The topological polar surface area (TPSA) is 46.6 Å². The number of esters is 1. The average molecular weight is 237 g/mol. The molecule has 3 unspecified atom stereocenters. The van der Waals surface area contributed by atoms with Gasteiger partial charge in [-0.2, -0.15) is 0 Å². The lowest BCUT2D eigenvalue weighted by Gasteiger charge is -2.28. The first-order valence-corrected chi connectivity index (χ1v) is 6.23. The molecule has 0 bridgehead atoms. The van der Waals surface area contributed by atoms with Gasteiger partial charge < -0.3 is 9.64 Å². The van der Waals surface area contributed by atoms with Crippen LogP contribution in [0.3, 0.4) is 0 Å². The maximum Gasteiger partial charge on any atom is 0.304 e. The number of nitrogens with zero attached hydrogens (tertiary/aromatic N) is 1. The highest BCUT2D eigenvalue weighted by Gasteiger charge is 2.49. The van der Waals surface area contributed by atoms with Gasteiger partial charge in [0.2, 0.25) is 5.91 Å². The molecule has 0 aromatic rings. The first-order chi connectivity index (χ1) is 8.15. The van der Waals surface area contributed by atoms with Gasteiger partial charge in [-0.3, -0.25) is 9.59 Å². The largest absolute Gasteiger partial charge is 0.441 e. The average Bonchev–Trinajstić information content (AvgIpc) is 2.55. The number of fused-ring (bicyclic) bond motifs is 1. The minimum Gasteiger partial charge on any atom is -0.441 e. The molecule has 0 radical (unpaired) electrons. The smallest absolute Gasteiger partial charge is 0.304 e. The molecule has 1 aliphatic carbocycles. The molecular weight excluding hydrogens is 218 g/mol. The van der Waals surface area contributed by atoms with E-state index in [1.807, 2.05) is 0 Å². The van der Waals surface area contributed by atoms with Gasteiger partial charge in [-0.1, -0.05) is 18.9 Å². The summed E-state index contributed by atoms with van der Waals surface area (Å²) in [7, 11) is 0. The Balaban J connectivity index is 2.20. The maximum absolute atomic E-state index is 12.2. The number of hydrogen-bond donors (Lipinski definition) is 0. The Labute approximate surface area is 102 Å². The summed E-state index contributed by atoms with van der Waals surface area (Å²) in [6, 6.07) is 0. The quantitative estimate of drug-likeness (QED) is 0.554. The SMILES string of the molecule is C=CCN1C(=O)C2CCCCC2C1OC(C)=O. The zero-order valence-electron chi connectivity index (χ0n) is 10.2. The minimum absolute atomic E-state index is 0.0491. The van der Waals surface area contributed by atoms with E-state index in [1.165, 1.54) is 6.92 Å². The fourth-order valence-electron chi connectivity index (χ4n) is 3.03. The molecular formula is C13H19NO3. The molecule has 17 heavy (non-hydrogen) atoms. The van der Waals surface area contributed by atoms with Gasteiger partial charge in [0.25, 0.3) is 0 Å². The molecule has 3 atom stereocenters. The van der Waals surface area contributed by atoms with Crippen molar-refractivity contribution in [2.45, 2.75) is 38.8 Å². The second kappa shape index (κ2) is 4.90. The summed E-state index contributed by atoms with van der Waals surface area (Å²) in [5.74, 6) is 0.0390. The highest BCUT2D eigenvalue weighted by molar-refractivity contribution is 5.82. The molecule has 1 saturated carbocycles. The molecule has 94 valence electrons. The van der Waals surface area contributed by atoms with Gasteiger partial charge in [-0.25, -0.2) is 0 Å². The normalized spacial score (nSPS) is 32.2. The molecule has 4 nitrogen and oxygen atoms in total. The van der Waals surface area contributed by atoms with E-state index in [4.69, 9.17) is 4.74 Å². The summed E-state index contributed by atoms with van der Waals surface area (Å²) < 4.78 is 5.33. The first-order valence-electron chi connectivity index (χ1n) is 6.23. The molecule has 2 aliphatic rings. The van der Waals surface area contributed by atoms with Crippen molar-refractivity contribution >= 4 is 11.9 Å². The van der Waals surface area contributed by atoms with Crippen LogP contribution in [-0.4, -0.2) is 29.5 Å². The molecule has 2 rings (SSSR count). The van der Waals surface area contributed by atoms with E-state index in [-0.39, 0.29) is 29.9 Å². The van der Waals surface area contributed by atoms with E-state index in [9.17, 15) is 9.59 Å². The predicted molar refractivity (Wildman–Crippen MR) is 62.9 cm³/mol. The minimum atomic E-state index is -0.372. The lowest BCUT2D eigenvalue weighted by atomic mass is 9.81. The highest BCUT2D eigenvalue weighted by atomic mass is 16.6. The second-order valence-electron chi connectivity index (χ2n) is 4.83. The molecule has 1 amide bonds. The van der Waals surface area contributed by atoms with Crippen molar-refractivity contribution in [2.75, 3.05) is 6.54 Å². The van der Waals surface area contributed by atoms with Crippen LogP contribution in [0.1, 0.15) is 32.6 Å². The van der Waals surface area contributed by atoms with Crippen LogP contribution in [-0.2, 0) is 14.3 Å². The Morgan fingerprint density at radius 1 is 1.53 bits per heavy atom. The summed E-state index contributed by atoms with van der Waals surface area (Å²) in [4.78, 5) is 25.0. The van der Waals surface area contributed by atoms with Crippen molar-refractivity contribution in [3.05, 3.63) is 12.7 Å². The van der Waals surface area contributed by atoms with Crippen molar-refractivity contribution in [1.29, 1.82) is 0 Å². The van der Waals surface area contributed by atoms with Crippen LogP contribution >= 0.6 is 0 Å². The molecule has 1 aliphatic heterocycles. The second-order valence-corrected chi connectivity index (χ2v) is 4.83. The lowest BCUT2D eigenvalue weighted by Crippen LogP contribution is -2.38. The molecule has 0 aromatic heterocycles. The number of hydrogen-bond acceptors (Lipinski definition) is 3. The van der Waals surface area contributed by atoms with E-state index < -0.39 is 0 Å². The molecule has 4 heteroatoms. The zero-order valence-corrected chi connectivity index (χ0v) is 10.2. The van der Waals surface area contributed by atoms with Crippen LogP contribution in [0.15, 0.2) is 12.7 Å². The van der Waals surface area contributed by atoms with E-state index in [0.717, 1.165) is 25.7 Å². The number of carbonyl (C=O) groups is 2. The molecule has 2 fully saturated rings. The summed E-state index contributed by atoms with van der Waals surface area (Å²) in [5.41, 5.74) is 0. The van der Waals surface area contributed by atoms with Crippen molar-refractivity contribution in [3.8, 4) is 0 Å². The zero-order chi connectivity index (χ0) is 12.4. The standard InChI is InChI=1S/C13H19NO3/c1-3-8-14-12(16)10-6-4-5-7-11(10)13(14)17-9(2)15/h3,10-11,13H,1,4-8H2,2H3. The highest BCUT2D eigenvalue weighted by Crippen LogP contribution is 2.41. The molecule has 0 N–H and O–H groups in total. The summed E-state index contributed by atoms with van der Waals surface area (Å²) in [5, 5.41) is 0.